The van der Waals surface area contributed by atoms with E-state index in [2.05, 4.69) is 17.1 Å². The summed E-state index contributed by atoms with van der Waals surface area (Å²) in [5, 5.41) is 3.91. The third kappa shape index (κ3) is 4.59. The summed E-state index contributed by atoms with van der Waals surface area (Å²) >= 11 is 0. The average molecular weight is 287 g/mol. The molecule has 0 aromatic carbocycles. The Balaban J connectivity index is 1.84. The second kappa shape index (κ2) is 8.45. The molecule has 2 heterocycles. The van der Waals surface area contributed by atoms with E-state index >= 15 is 0 Å². The number of anilines is 1. The number of hydrogen-bond acceptors (Lipinski definition) is 4. The molecule has 0 spiro atoms. The van der Waals surface area contributed by atoms with Gasteiger partial charge in [-0.3, -0.25) is 4.98 Å². The molecule has 4 heteroatoms. The van der Waals surface area contributed by atoms with Crippen molar-refractivity contribution in [3.05, 3.63) is 30.3 Å². The van der Waals surface area contributed by atoms with Gasteiger partial charge in [0.2, 0.25) is 0 Å². The summed E-state index contributed by atoms with van der Waals surface area (Å²) < 4.78 is 5.40. The molecule has 21 heavy (non-hydrogen) atoms. The number of aryl methyl sites for hydroxylation is 1. The Morgan fingerprint density at radius 3 is 2.38 bits per heavy atom. The summed E-state index contributed by atoms with van der Waals surface area (Å²) in [5.41, 5.74) is 7.90. The van der Waals surface area contributed by atoms with Crippen LogP contribution in [0.5, 0.6) is 0 Å². The molecule has 0 aliphatic carbocycles. The summed E-state index contributed by atoms with van der Waals surface area (Å²) in [6.07, 6.45) is 13.4. The zero-order valence-electron chi connectivity index (χ0n) is 12.8. The second-order valence-electron chi connectivity index (χ2n) is 5.47. The van der Waals surface area contributed by atoms with E-state index in [0.717, 1.165) is 29.7 Å². The highest BCUT2D eigenvalue weighted by molar-refractivity contribution is 5.75. The highest BCUT2D eigenvalue weighted by atomic mass is 16.5. The summed E-state index contributed by atoms with van der Waals surface area (Å²) in [7, 11) is 0. The molecule has 0 aliphatic heterocycles. The smallest absolute Gasteiger partial charge is 0.175 e. The zero-order valence-corrected chi connectivity index (χ0v) is 12.8. The Hall–Kier alpha value is -1.84. The molecule has 4 nitrogen and oxygen atoms in total. The highest BCUT2D eigenvalue weighted by Gasteiger charge is 2.15. The van der Waals surface area contributed by atoms with Crippen LogP contribution in [0.3, 0.4) is 0 Å². The van der Waals surface area contributed by atoms with Gasteiger partial charge in [0, 0.05) is 18.8 Å². The Morgan fingerprint density at radius 1 is 1.00 bits per heavy atom. The molecular formula is C17H25N3O. The molecule has 0 amide bonds. The van der Waals surface area contributed by atoms with Gasteiger partial charge in [-0.15, -0.1) is 0 Å². The topological polar surface area (TPSA) is 64.9 Å². The van der Waals surface area contributed by atoms with Gasteiger partial charge in [0.05, 0.1) is 5.56 Å². The van der Waals surface area contributed by atoms with E-state index in [4.69, 9.17) is 10.3 Å². The molecule has 2 N–H and O–H groups in total. The minimum absolute atomic E-state index is 0.471. The van der Waals surface area contributed by atoms with Crippen LogP contribution in [-0.4, -0.2) is 10.1 Å². The number of nitrogens with two attached hydrogens (primary N) is 1. The van der Waals surface area contributed by atoms with E-state index in [-0.39, 0.29) is 0 Å². The first-order chi connectivity index (χ1) is 10.3. The number of rotatable bonds is 9. The number of aromatic nitrogens is 2. The predicted octanol–water partition coefficient (Wildman–Crippen LogP) is 4.61. The lowest BCUT2D eigenvalue weighted by atomic mass is 10.0. The van der Waals surface area contributed by atoms with Crippen molar-refractivity contribution < 1.29 is 4.52 Å². The van der Waals surface area contributed by atoms with Crippen LogP contribution in [0.1, 0.15) is 57.6 Å². The molecule has 0 saturated heterocycles. The molecule has 2 aromatic rings. The Bertz CT molecular complexity index is 522. The SMILES string of the molecule is CCCCCCCCCc1onc(N)c1-c1ccncc1. The number of nitrogens with zero attached hydrogens (tertiary/aromatic N) is 2. The van der Waals surface area contributed by atoms with Crippen molar-refractivity contribution in [2.75, 3.05) is 5.73 Å². The molecule has 0 unspecified atom stereocenters. The van der Waals surface area contributed by atoms with Crippen molar-refractivity contribution in [3.63, 3.8) is 0 Å². The molecule has 0 saturated carbocycles. The highest BCUT2D eigenvalue weighted by Crippen LogP contribution is 2.30. The summed E-state index contributed by atoms with van der Waals surface area (Å²) in [4.78, 5) is 4.03. The lowest BCUT2D eigenvalue weighted by molar-refractivity contribution is 0.381. The normalized spacial score (nSPS) is 10.9. The minimum Gasteiger partial charge on any atom is -0.380 e. The summed E-state index contributed by atoms with van der Waals surface area (Å²) in [5.74, 6) is 1.37. The maximum Gasteiger partial charge on any atom is 0.175 e. The van der Waals surface area contributed by atoms with Crippen LogP contribution < -0.4 is 5.73 Å². The first kappa shape index (κ1) is 15.5. The lowest BCUT2D eigenvalue weighted by Crippen LogP contribution is -1.91. The molecule has 2 aromatic heterocycles. The Labute approximate surface area is 126 Å². The van der Waals surface area contributed by atoms with Gasteiger partial charge < -0.3 is 10.3 Å². The number of hydrogen-bond donors (Lipinski definition) is 1. The lowest BCUT2D eigenvalue weighted by Gasteiger charge is -2.03. The number of unbranched alkanes of at least 4 members (excludes halogenated alkanes) is 6. The van der Waals surface area contributed by atoms with Crippen molar-refractivity contribution in [2.24, 2.45) is 0 Å². The van der Waals surface area contributed by atoms with Gasteiger partial charge >= 0.3 is 0 Å². The fourth-order valence-corrected chi connectivity index (χ4v) is 2.58. The number of pyridine rings is 1. The monoisotopic (exact) mass is 287 g/mol. The quantitative estimate of drug-likeness (QED) is 0.684. The van der Waals surface area contributed by atoms with Crippen LogP contribution in [0.2, 0.25) is 0 Å². The van der Waals surface area contributed by atoms with E-state index in [9.17, 15) is 0 Å². The van der Waals surface area contributed by atoms with Crippen molar-refractivity contribution in [1.29, 1.82) is 0 Å². The van der Waals surface area contributed by atoms with Crippen molar-refractivity contribution in [2.45, 2.75) is 58.3 Å². The van der Waals surface area contributed by atoms with Crippen LogP contribution >= 0.6 is 0 Å². The van der Waals surface area contributed by atoms with Gasteiger partial charge in [0.25, 0.3) is 0 Å². The molecular weight excluding hydrogens is 262 g/mol. The van der Waals surface area contributed by atoms with Crippen LogP contribution in [-0.2, 0) is 6.42 Å². The van der Waals surface area contributed by atoms with Crippen LogP contribution in [0.25, 0.3) is 11.1 Å². The van der Waals surface area contributed by atoms with Gasteiger partial charge in [-0.25, -0.2) is 0 Å². The number of nitrogen functional groups attached to an aromatic ring is 1. The van der Waals surface area contributed by atoms with Crippen LogP contribution in [0.15, 0.2) is 29.0 Å². The molecule has 2 rings (SSSR count). The minimum atomic E-state index is 0.471. The van der Waals surface area contributed by atoms with Crippen molar-refractivity contribution in [1.82, 2.24) is 10.1 Å². The van der Waals surface area contributed by atoms with Gasteiger partial charge in [-0.2, -0.15) is 0 Å². The molecule has 0 bridgehead atoms. The average Bonchev–Trinajstić information content (AvgIpc) is 2.88. The van der Waals surface area contributed by atoms with E-state index in [1.54, 1.807) is 12.4 Å². The maximum absolute atomic E-state index is 5.93. The third-order valence-electron chi connectivity index (χ3n) is 3.77. The van der Waals surface area contributed by atoms with E-state index in [0.29, 0.717) is 5.82 Å². The third-order valence-corrected chi connectivity index (χ3v) is 3.77. The maximum atomic E-state index is 5.93. The first-order valence-corrected chi connectivity index (χ1v) is 7.97. The first-order valence-electron chi connectivity index (χ1n) is 7.97. The standard InChI is InChI=1S/C17H25N3O/c1-2-3-4-5-6-7-8-9-15-16(17(18)20-21-15)14-10-12-19-13-11-14/h10-13H,2-9H2,1H3,(H2,18,20). The van der Waals surface area contributed by atoms with Crippen molar-refractivity contribution in [3.8, 4) is 11.1 Å². The molecule has 114 valence electrons. The van der Waals surface area contributed by atoms with Crippen molar-refractivity contribution >= 4 is 5.82 Å². The van der Waals surface area contributed by atoms with E-state index < -0.39 is 0 Å². The van der Waals surface area contributed by atoms with E-state index in [1.165, 1.54) is 38.5 Å². The molecule has 0 atom stereocenters. The summed E-state index contributed by atoms with van der Waals surface area (Å²) in [6, 6.07) is 3.88. The Kier molecular flexibility index (Phi) is 6.25. The molecule has 0 fully saturated rings. The van der Waals surface area contributed by atoms with Gasteiger partial charge in [0.15, 0.2) is 5.82 Å². The van der Waals surface area contributed by atoms with Crippen LogP contribution in [0.4, 0.5) is 5.82 Å². The predicted molar refractivity (Wildman–Crippen MR) is 85.8 cm³/mol. The largest absolute Gasteiger partial charge is 0.380 e. The summed E-state index contributed by atoms with van der Waals surface area (Å²) in [6.45, 7) is 2.24. The Morgan fingerprint density at radius 2 is 1.67 bits per heavy atom. The second-order valence-corrected chi connectivity index (χ2v) is 5.47. The molecule has 0 radical (unpaired) electrons. The fourth-order valence-electron chi connectivity index (χ4n) is 2.58. The van der Waals surface area contributed by atoms with Gasteiger partial charge in [-0.05, 0) is 24.1 Å². The fraction of sp³-hybridized carbons (Fsp3) is 0.529. The van der Waals surface area contributed by atoms with E-state index in [1.807, 2.05) is 12.1 Å². The van der Waals surface area contributed by atoms with Gasteiger partial charge in [0.1, 0.15) is 5.76 Å². The zero-order chi connectivity index (χ0) is 14.9. The van der Waals surface area contributed by atoms with Gasteiger partial charge in [-0.1, -0.05) is 50.6 Å². The molecule has 0 aliphatic rings. The van der Waals surface area contributed by atoms with Crippen LogP contribution in [0, 0.1) is 0 Å².